The van der Waals surface area contributed by atoms with Crippen molar-refractivity contribution in [2.45, 2.75) is 19.4 Å². The highest BCUT2D eigenvalue weighted by Gasteiger charge is 2.13. The van der Waals surface area contributed by atoms with E-state index in [0.717, 1.165) is 19.5 Å². The van der Waals surface area contributed by atoms with E-state index < -0.39 is 0 Å². The zero-order valence-electron chi connectivity index (χ0n) is 10.3. The summed E-state index contributed by atoms with van der Waals surface area (Å²) in [4.78, 5) is 0. The molecule has 0 saturated carbocycles. The van der Waals surface area contributed by atoms with Crippen LogP contribution in [0.25, 0.3) is 0 Å². The van der Waals surface area contributed by atoms with Crippen molar-refractivity contribution >= 4 is 0 Å². The fourth-order valence-electron chi connectivity index (χ4n) is 2.13. The number of benzene rings is 1. The molecule has 1 aromatic carbocycles. The fourth-order valence-corrected chi connectivity index (χ4v) is 2.13. The van der Waals surface area contributed by atoms with Gasteiger partial charge in [0.05, 0.1) is 18.2 Å². The lowest BCUT2D eigenvalue weighted by Gasteiger charge is -2.09. The first-order chi connectivity index (χ1) is 8.79. The lowest BCUT2D eigenvalue weighted by atomic mass is 10.1. The van der Waals surface area contributed by atoms with E-state index in [0.29, 0.717) is 23.7 Å². The van der Waals surface area contributed by atoms with Gasteiger partial charge in [0.1, 0.15) is 5.82 Å². The zero-order valence-corrected chi connectivity index (χ0v) is 10.3. The van der Waals surface area contributed by atoms with Crippen molar-refractivity contribution in [1.29, 1.82) is 5.26 Å². The topological polar surface area (TPSA) is 45.0 Å². The van der Waals surface area contributed by atoms with Gasteiger partial charge >= 0.3 is 0 Å². The van der Waals surface area contributed by atoms with Crippen molar-refractivity contribution in [2.24, 2.45) is 5.92 Å². The van der Waals surface area contributed by atoms with Crippen LogP contribution >= 0.6 is 0 Å². The number of rotatable bonds is 5. The maximum absolute atomic E-state index is 13.5. The summed E-state index contributed by atoms with van der Waals surface area (Å²) in [6.45, 7) is 3.09. The quantitative estimate of drug-likeness (QED) is 0.813. The Balaban J connectivity index is 1.74. The minimum atomic E-state index is -0.364. The molecule has 0 amide bonds. The van der Waals surface area contributed by atoms with Crippen molar-refractivity contribution in [3.63, 3.8) is 0 Å². The Bertz CT molecular complexity index is 436. The Morgan fingerprint density at radius 1 is 1.50 bits per heavy atom. The highest BCUT2D eigenvalue weighted by Crippen LogP contribution is 2.14. The minimum Gasteiger partial charge on any atom is -0.377 e. The number of nitriles is 1. The molecule has 1 saturated heterocycles. The molecule has 96 valence electrons. The van der Waals surface area contributed by atoms with Gasteiger partial charge < -0.3 is 10.1 Å². The molecule has 2 rings (SSSR count). The monoisotopic (exact) mass is 248 g/mol. The molecular formula is C14H17FN2O. The molecule has 1 heterocycles. The van der Waals surface area contributed by atoms with Crippen molar-refractivity contribution in [2.75, 3.05) is 19.7 Å². The molecule has 1 aliphatic heterocycles. The van der Waals surface area contributed by atoms with Crippen LogP contribution in [0.4, 0.5) is 4.39 Å². The smallest absolute Gasteiger partial charge is 0.130 e. The average Bonchev–Trinajstić information content (AvgIpc) is 2.89. The summed E-state index contributed by atoms with van der Waals surface area (Å²) in [6, 6.07) is 6.39. The van der Waals surface area contributed by atoms with E-state index in [4.69, 9.17) is 10.00 Å². The molecule has 0 bridgehead atoms. The van der Waals surface area contributed by atoms with Gasteiger partial charge in [-0.1, -0.05) is 6.07 Å². The molecule has 0 aromatic heterocycles. The third kappa shape index (κ3) is 3.52. The van der Waals surface area contributed by atoms with Crippen LogP contribution in [0.3, 0.4) is 0 Å². The molecular weight excluding hydrogens is 231 g/mol. The van der Waals surface area contributed by atoms with E-state index >= 15 is 0 Å². The molecule has 1 fully saturated rings. The van der Waals surface area contributed by atoms with Crippen molar-refractivity contribution < 1.29 is 9.13 Å². The Morgan fingerprint density at radius 2 is 2.39 bits per heavy atom. The molecule has 1 aromatic rings. The predicted molar refractivity (Wildman–Crippen MR) is 66.4 cm³/mol. The lowest BCUT2D eigenvalue weighted by Crippen LogP contribution is -2.11. The van der Waals surface area contributed by atoms with Crippen LogP contribution in [0.5, 0.6) is 0 Å². The van der Waals surface area contributed by atoms with E-state index in [9.17, 15) is 4.39 Å². The molecule has 3 nitrogen and oxygen atoms in total. The second-order valence-corrected chi connectivity index (χ2v) is 4.62. The maximum atomic E-state index is 13.5. The number of nitrogens with one attached hydrogen (secondary N) is 1. The molecule has 1 aliphatic rings. The summed E-state index contributed by atoms with van der Waals surface area (Å²) in [5, 5.41) is 11.9. The van der Waals surface area contributed by atoms with Gasteiger partial charge in [-0.15, -0.1) is 0 Å². The average molecular weight is 248 g/mol. The first-order valence-electron chi connectivity index (χ1n) is 6.26. The first kappa shape index (κ1) is 13.0. The molecule has 1 unspecified atom stereocenters. The predicted octanol–water partition coefficient (Wildman–Crippen LogP) is 2.21. The standard InChI is InChI=1S/C14H17FN2O/c15-14-7-12(8-16)1-2-13(14)10-18-6-4-11-3-5-17-9-11/h1-2,7,11,17H,3-6,9-10H2. The Labute approximate surface area is 107 Å². The normalized spacial score (nSPS) is 18.8. The Kier molecular flexibility index (Phi) is 4.68. The van der Waals surface area contributed by atoms with Gasteiger partial charge in [0.2, 0.25) is 0 Å². The SMILES string of the molecule is N#Cc1ccc(COCCC2CCNC2)c(F)c1. The molecule has 0 spiro atoms. The Hall–Kier alpha value is -1.44. The van der Waals surface area contributed by atoms with Gasteiger partial charge in [0.15, 0.2) is 0 Å². The molecule has 1 atom stereocenters. The first-order valence-corrected chi connectivity index (χ1v) is 6.26. The van der Waals surface area contributed by atoms with Gasteiger partial charge in [-0.25, -0.2) is 4.39 Å². The number of nitrogens with zero attached hydrogens (tertiary/aromatic N) is 1. The van der Waals surface area contributed by atoms with Gasteiger partial charge in [-0.05, 0) is 44.0 Å². The van der Waals surface area contributed by atoms with Gasteiger partial charge in [0, 0.05) is 12.2 Å². The highest BCUT2D eigenvalue weighted by molar-refractivity contribution is 5.32. The number of hydrogen-bond acceptors (Lipinski definition) is 3. The van der Waals surface area contributed by atoms with E-state index in [2.05, 4.69) is 5.32 Å². The summed E-state index contributed by atoms with van der Waals surface area (Å²) in [6.07, 6.45) is 2.22. The van der Waals surface area contributed by atoms with Crippen molar-refractivity contribution in [3.8, 4) is 6.07 Å². The van der Waals surface area contributed by atoms with Crippen LogP contribution in [-0.2, 0) is 11.3 Å². The molecule has 0 radical (unpaired) electrons. The van der Waals surface area contributed by atoms with Crippen LogP contribution < -0.4 is 5.32 Å². The Morgan fingerprint density at radius 3 is 3.06 bits per heavy atom. The third-order valence-corrected chi connectivity index (χ3v) is 3.27. The summed E-state index contributed by atoms with van der Waals surface area (Å²) in [7, 11) is 0. The van der Waals surface area contributed by atoms with E-state index in [-0.39, 0.29) is 12.4 Å². The van der Waals surface area contributed by atoms with Crippen molar-refractivity contribution in [3.05, 3.63) is 35.1 Å². The number of hydrogen-bond donors (Lipinski definition) is 1. The van der Waals surface area contributed by atoms with E-state index in [1.807, 2.05) is 6.07 Å². The molecule has 4 heteroatoms. The van der Waals surface area contributed by atoms with Crippen LogP contribution in [-0.4, -0.2) is 19.7 Å². The summed E-state index contributed by atoms with van der Waals surface area (Å²) in [5.74, 6) is 0.326. The van der Waals surface area contributed by atoms with Crippen LogP contribution in [0.2, 0.25) is 0 Å². The second-order valence-electron chi connectivity index (χ2n) is 4.62. The van der Waals surface area contributed by atoms with Crippen LogP contribution in [0, 0.1) is 23.1 Å². The number of ether oxygens (including phenoxy) is 1. The minimum absolute atomic E-state index is 0.275. The van der Waals surface area contributed by atoms with Gasteiger partial charge in [-0.3, -0.25) is 0 Å². The third-order valence-electron chi connectivity index (χ3n) is 3.27. The van der Waals surface area contributed by atoms with Crippen LogP contribution in [0.15, 0.2) is 18.2 Å². The van der Waals surface area contributed by atoms with Crippen molar-refractivity contribution in [1.82, 2.24) is 5.32 Å². The summed E-state index contributed by atoms with van der Waals surface area (Å²) < 4.78 is 19.0. The van der Waals surface area contributed by atoms with E-state index in [1.54, 1.807) is 12.1 Å². The molecule has 0 aliphatic carbocycles. The molecule has 1 N–H and O–H groups in total. The molecule has 18 heavy (non-hydrogen) atoms. The van der Waals surface area contributed by atoms with E-state index in [1.165, 1.54) is 12.5 Å². The zero-order chi connectivity index (χ0) is 12.8. The number of halogens is 1. The summed E-state index contributed by atoms with van der Waals surface area (Å²) >= 11 is 0. The largest absolute Gasteiger partial charge is 0.377 e. The summed E-state index contributed by atoms with van der Waals surface area (Å²) in [5.41, 5.74) is 0.854. The lowest BCUT2D eigenvalue weighted by molar-refractivity contribution is 0.107. The van der Waals surface area contributed by atoms with Gasteiger partial charge in [-0.2, -0.15) is 5.26 Å². The fraction of sp³-hybridized carbons (Fsp3) is 0.500. The van der Waals surface area contributed by atoms with Gasteiger partial charge in [0.25, 0.3) is 0 Å². The second kappa shape index (κ2) is 6.48. The highest BCUT2D eigenvalue weighted by atomic mass is 19.1. The van der Waals surface area contributed by atoms with Crippen LogP contribution in [0.1, 0.15) is 24.0 Å². The maximum Gasteiger partial charge on any atom is 0.130 e.